The van der Waals surface area contributed by atoms with Gasteiger partial charge in [0.25, 0.3) is 0 Å². The van der Waals surface area contributed by atoms with E-state index in [2.05, 4.69) is 57.6 Å². The molecule has 156 valence electrons. The molecule has 2 fully saturated rings. The average molecular weight is 408 g/mol. The van der Waals surface area contributed by atoms with Crippen molar-refractivity contribution in [3.63, 3.8) is 0 Å². The Morgan fingerprint density at radius 2 is 1.68 bits per heavy atom. The van der Waals surface area contributed by atoms with Gasteiger partial charge in [0.1, 0.15) is 0 Å². The molecule has 2 aliphatic rings. The van der Waals surface area contributed by atoms with Crippen molar-refractivity contribution in [1.82, 2.24) is 10.2 Å². The number of hydrogen-bond acceptors (Lipinski definition) is 6. The number of thiocarbonyl (C=S) groups is 1. The van der Waals surface area contributed by atoms with Crippen LogP contribution in [0.3, 0.4) is 0 Å². The first-order chi connectivity index (χ1) is 13.6. The van der Waals surface area contributed by atoms with Gasteiger partial charge in [-0.15, -0.1) is 0 Å². The monoisotopic (exact) mass is 407 g/mol. The normalized spacial score (nSPS) is 17.7. The molecular formula is C20H33N5O2S. The second kappa shape index (κ2) is 10.8. The lowest BCUT2D eigenvalue weighted by Crippen LogP contribution is -2.38. The summed E-state index contributed by atoms with van der Waals surface area (Å²) in [6.07, 6.45) is 1.06. The van der Waals surface area contributed by atoms with Crippen molar-refractivity contribution in [2.75, 3.05) is 94.9 Å². The molecule has 2 aliphatic heterocycles. The van der Waals surface area contributed by atoms with E-state index in [1.54, 1.807) is 0 Å². The Bertz CT molecular complexity index is 631. The van der Waals surface area contributed by atoms with E-state index in [1.165, 1.54) is 11.4 Å². The minimum absolute atomic E-state index is 0.674. The molecule has 0 unspecified atom stereocenters. The molecule has 0 bridgehead atoms. The molecule has 0 radical (unpaired) electrons. The highest BCUT2D eigenvalue weighted by atomic mass is 32.1. The van der Waals surface area contributed by atoms with E-state index in [0.717, 1.165) is 77.8 Å². The van der Waals surface area contributed by atoms with E-state index >= 15 is 0 Å². The first-order valence-electron chi connectivity index (χ1n) is 10.1. The largest absolute Gasteiger partial charge is 0.378 e. The summed E-state index contributed by atoms with van der Waals surface area (Å²) < 4.78 is 11.0. The highest BCUT2D eigenvalue weighted by Crippen LogP contribution is 2.32. The van der Waals surface area contributed by atoms with Crippen LogP contribution in [0.5, 0.6) is 0 Å². The summed E-state index contributed by atoms with van der Waals surface area (Å²) in [5.41, 5.74) is 3.47. The maximum absolute atomic E-state index is 5.54. The zero-order chi connectivity index (χ0) is 19.8. The summed E-state index contributed by atoms with van der Waals surface area (Å²) in [6, 6.07) is 6.59. The molecule has 2 heterocycles. The molecule has 0 atom stereocenters. The zero-order valence-electron chi connectivity index (χ0n) is 17.1. The quantitative estimate of drug-likeness (QED) is 0.522. The number of morpholine rings is 2. The molecule has 3 rings (SSSR count). The van der Waals surface area contributed by atoms with Crippen molar-refractivity contribution >= 4 is 34.4 Å². The molecule has 2 N–H and O–H groups in total. The van der Waals surface area contributed by atoms with Gasteiger partial charge < -0.3 is 34.8 Å². The van der Waals surface area contributed by atoms with Crippen molar-refractivity contribution in [2.24, 2.45) is 0 Å². The molecule has 0 aromatic heterocycles. The van der Waals surface area contributed by atoms with Crippen LogP contribution in [0, 0.1) is 0 Å². The number of nitrogens with zero attached hydrogens (tertiary/aromatic N) is 3. The lowest BCUT2D eigenvalue weighted by Gasteiger charge is -2.33. The molecule has 7 nitrogen and oxygen atoms in total. The minimum atomic E-state index is 0.674. The summed E-state index contributed by atoms with van der Waals surface area (Å²) in [7, 11) is 4.17. The Kier molecular flexibility index (Phi) is 8.14. The van der Waals surface area contributed by atoms with Gasteiger partial charge in [-0.05, 0) is 57.5 Å². The van der Waals surface area contributed by atoms with Crippen molar-refractivity contribution in [3.8, 4) is 0 Å². The Morgan fingerprint density at radius 3 is 2.32 bits per heavy atom. The standard InChI is InChI=1S/C20H33N5O2S/c1-23(2)7-3-6-21-20(28)22-18-5-4-17(24-8-12-26-13-9-24)16-19(18)25-10-14-27-15-11-25/h4-5,16H,3,6-15H2,1-2H3,(H2,21,22,28). The molecule has 0 aliphatic carbocycles. The van der Waals surface area contributed by atoms with E-state index in [1.807, 2.05) is 0 Å². The third kappa shape index (κ3) is 6.20. The van der Waals surface area contributed by atoms with Crippen molar-refractivity contribution in [3.05, 3.63) is 18.2 Å². The molecule has 2 saturated heterocycles. The molecule has 0 saturated carbocycles. The van der Waals surface area contributed by atoms with Crippen LogP contribution in [-0.4, -0.2) is 89.8 Å². The first kappa shape index (κ1) is 21.1. The Balaban J connectivity index is 1.68. The number of rotatable bonds is 7. The fourth-order valence-electron chi connectivity index (χ4n) is 3.47. The molecule has 0 amide bonds. The van der Waals surface area contributed by atoms with Crippen LogP contribution in [0.25, 0.3) is 0 Å². The predicted molar refractivity (Wildman–Crippen MR) is 120 cm³/mol. The maximum Gasteiger partial charge on any atom is 0.170 e. The second-order valence-electron chi connectivity index (χ2n) is 7.44. The SMILES string of the molecule is CN(C)CCCNC(=S)Nc1ccc(N2CCOCC2)cc1N1CCOCC1. The van der Waals surface area contributed by atoms with Crippen LogP contribution in [-0.2, 0) is 9.47 Å². The Hall–Kier alpha value is -1.61. The fraction of sp³-hybridized carbons (Fsp3) is 0.650. The van der Waals surface area contributed by atoms with Crippen LogP contribution in [0.15, 0.2) is 18.2 Å². The highest BCUT2D eigenvalue weighted by molar-refractivity contribution is 7.80. The summed E-state index contributed by atoms with van der Waals surface area (Å²) in [5, 5.41) is 7.40. The minimum Gasteiger partial charge on any atom is -0.378 e. The Morgan fingerprint density at radius 1 is 1.04 bits per heavy atom. The molecule has 1 aromatic carbocycles. The van der Waals surface area contributed by atoms with Gasteiger partial charge in [-0.1, -0.05) is 0 Å². The van der Waals surface area contributed by atoms with E-state index in [0.29, 0.717) is 5.11 Å². The number of nitrogens with one attached hydrogen (secondary N) is 2. The van der Waals surface area contributed by atoms with Gasteiger partial charge >= 0.3 is 0 Å². The molecule has 28 heavy (non-hydrogen) atoms. The average Bonchev–Trinajstić information content (AvgIpc) is 2.73. The molecule has 8 heteroatoms. The van der Waals surface area contributed by atoms with Crippen molar-refractivity contribution < 1.29 is 9.47 Å². The lowest BCUT2D eigenvalue weighted by molar-refractivity contribution is 0.122. The van der Waals surface area contributed by atoms with E-state index in [-0.39, 0.29) is 0 Å². The van der Waals surface area contributed by atoms with Crippen LogP contribution >= 0.6 is 12.2 Å². The van der Waals surface area contributed by atoms with Crippen molar-refractivity contribution in [1.29, 1.82) is 0 Å². The highest BCUT2D eigenvalue weighted by Gasteiger charge is 2.19. The van der Waals surface area contributed by atoms with Crippen LogP contribution in [0.2, 0.25) is 0 Å². The van der Waals surface area contributed by atoms with E-state index < -0.39 is 0 Å². The maximum atomic E-state index is 5.54. The van der Waals surface area contributed by atoms with Gasteiger partial charge in [0.05, 0.1) is 37.8 Å². The number of benzene rings is 1. The predicted octanol–water partition coefficient (Wildman–Crippen LogP) is 1.60. The molecular weight excluding hydrogens is 374 g/mol. The van der Waals surface area contributed by atoms with Gasteiger partial charge in [0.15, 0.2) is 5.11 Å². The molecule has 0 spiro atoms. The Labute approximate surface area is 173 Å². The second-order valence-corrected chi connectivity index (χ2v) is 7.85. The van der Waals surface area contributed by atoms with E-state index in [9.17, 15) is 0 Å². The first-order valence-corrected chi connectivity index (χ1v) is 10.5. The smallest absolute Gasteiger partial charge is 0.170 e. The topological polar surface area (TPSA) is 52.2 Å². The fourth-order valence-corrected chi connectivity index (χ4v) is 3.69. The van der Waals surface area contributed by atoms with Gasteiger partial charge in [0, 0.05) is 38.4 Å². The van der Waals surface area contributed by atoms with Gasteiger partial charge in [0.2, 0.25) is 0 Å². The summed E-state index contributed by atoms with van der Waals surface area (Å²) in [5.74, 6) is 0. The third-order valence-corrected chi connectivity index (χ3v) is 5.27. The zero-order valence-corrected chi connectivity index (χ0v) is 17.9. The van der Waals surface area contributed by atoms with Crippen LogP contribution < -0.4 is 20.4 Å². The van der Waals surface area contributed by atoms with Crippen molar-refractivity contribution in [2.45, 2.75) is 6.42 Å². The van der Waals surface area contributed by atoms with Gasteiger partial charge in [-0.25, -0.2) is 0 Å². The van der Waals surface area contributed by atoms with Crippen LogP contribution in [0.1, 0.15) is 6.42 Å². The number of hydrogen-bond donors (Lipinski definition) is 2. The lowest BCUT2D eigenvalue weighted by atomic mass is 10.2. The third-order valence-electron chi connectivity index (χ3n) is 5.03. The molecule has 1 aromatic rings. The summed E-state index contributed by atoms with van der Waals surface area (Å²) in [4.78, 5) is 6.94. The van der Waals surface area contributed by atoms with E-state index in [4.69, 9.17) is 21.7 Å². The number of ether oxygens (including phenoxy) is 2. The number of anilines is 3. The van der Waals surface area contributed by atoms with Crippen LogP contribution in [0.4, 0.5) is 17.1 Å². The van der Waals surface area contributed by atoms with Gasteiger partial charge in [-0.3, -0.25) is 0 Å². The summed E-state index contributed by atoms with van der Waals surface area (Å²) in [6.45, 7) is 8.65. The van der Waals surface area contributed by atoms with Gasteiger partial charge in [-0.2, -0.15) is 0 Å². The summed E-state index contributed by atoms with van der Waals surface area (Å²) >= 11 is 5.53.